The Morgan fingerprint density at radius 2 is 1.86 bits per heavy atom. The maximum Gasteiger partial charge on any atom is 0.176 e. The topological polar surface area (TPSA) is 63.9 Å². The molecule has 0 amide bonds. The third kappa shape index (κ3) is 3.13. The number of hydrogen-bond acceptors (Lipinski definition) is 6. The van der Waals surface area contributed by atoms with Crippen LogP contribution in [0.4, 0.5) is 5.69 Å². The van der Waals surface area contributed by atoms with Crippen molar-refractivity contribution in [2.24, 2.45) is 4.99 Å². The van der Waals surface area contributed by atoms with Crippen molar-refractivity contribution in [2.75, 3.05) is 26.1 Å². The van der Waals surface area contributed by atoms with Gasteiger partial charge in [-0.15, -0.1) is 0 Å². The van der Waals surface area contributed by atoms with Crippen LogP contribution < -0.4 is 14.8 Å². The Bertz CT molecular complexity index is 1060. The molecule has 3 aromatic rings. The second-order valence-electron chi connectivity index (χ2n) is 7.15. The summed E-state index contributed by atoms with van der Waals surface area (Å²) in [5, 5.41) is 3.52. The SMILES string of the molecule is COc1cc2c(cc1OC)NC(N1CCc3c(ncn3-c3ccccc3)C1)N=C2. The molecule has 29 heavy (non-hydrogen) atoms. The first-order valence-electron chi connectivity index (χ1n) is 9.67. The van der Waals surface area contributed by atoms with Gasteiger partial charge in [-0.2, -0.15) is 0 Å². The van der Waals surface area contributed by atoms with Crippen LogP contribution >= 0.6 is 0 Å². The molecule has 2 aromatic carbocycles. The summed E-state index contributed by atoms with van der Waals surface area (Å²) < 4.78 is 13.0. The minimum atomic E-state index is -0.129. The molecule has 0 saturated heterocycles. The quantitative estimate of drug-likeness (QED) is 0.743. The predicted octanol–water partition coefficient (Wildman–Crippen LogP) is 3.08. The molecule has 0 aliphatic carbocycles. The highest BCUT2D eigenvalue weighted by Gasteiger charge is 2.28. The Morgan fingerprint density at radius 3 is 2.66 bits per heavy atom. The highest BCUT2D eigenvalue weighted by atomic mass is 16.5. The van der Waals surface area contributed by atoms with Gasteiger partial charge in [-0.1, -0.05) is 18.2 Å². The molecule has 0 spiro atoms. The van der Waals surface area contributed by atoms with Crippen LogP contribution in [-0.4, -0.2) is 47.7 Å². The largest absolute Gasteiger partial charge is 0.493 e. The Balaban J connectivity index is 1.37. The van der Waals surface area contributed by atoms with Crippen LogP contribution in [0.2, 0.25) is 0 Å². The van der Waals surface area contributed by atoms with Gasteiger partial charge in [0.25, 0.3) is 0 Å². The molecule has 148 valence electrons. The number of benzene rings is 2. The number of hydrogen-bond donors (Lipinski definition) is 1. The van der Waals surface area contributed by atoms with E-state index in [9.17, 15) is 0 Å². The van der Waals surface area contributed by atoms with Crippen LogP contribution in [0.1, 0.15) is 17.0 Å². The number of aromatic nitrogens is 2. The van der Waals surface area contributed by atoms with Gasteiger partial charge in [0, 0.05) is 54.4 Å². The number of anilines is 1. The fourth-order valence-corrected chi connectivity index (χ4v) is 3.99. The van der Waals surface area contributed by atoms with E-state index in [0.717, 1.165) is 42.1 Å². The molecule has 2 aliphatic heterocycles. The summed E-state index contributed by atoms with van der Waals surface area (Å²) in [5.41, 5.74) is 5.51. The Labute approximate surface area is 169 Å². The van der Waals surface area contributed by atoms with Gasteiger partial charge >= 0.3 is 0 Å². The molecule has 0 fully saturated rings. The lowest BCUT2D eigenvalue weighted by Gasteiger charge is -2.34. The number of nitrogens with one attached hydrogen (secondary N) is 1. The van der Waals surface area contributed by atoms with Gasteiger partial charge in [-0.05, 0) is 18.2 Å². The molecular weight excluding hydrogens is 366 g/mol. The minimum Gasteiger partial charge on any atom is -0.493 e. The van der Waals surface area contributed by atoms with E-state index in [1.165, 1.54) is 5.69 Å². The summed E-state index contributed by atoms with van der Waals surface area (Å²) in [6, 6.07) is 14.3. The summed E-state index contributed by atoms with van der Waals surface area (Å²) in [4.78, 5) is 11.7. The number of aliphatic imine (C=N–C) groups is 1. The zero-order valence-electron chi connectivity index (χ0n) is 16.5. The average molecular weight is 389 g/mol. The highest BCUT2D eigenvalue weighted by Crippen LogP contribution is 2.35. The number of nitrogens with zero attached hydrogens (tertiary/aromatic N) is 4. The standard InChI is InChI=1S/C22H23N5O2/c1-28-20-10-15-12-23-22(25-17(15)11-21(20)29-2)26-9-8-19-18(13-26)24-14-27(19)16-6-4-3-5-7-16/h3-7,10-12,14,22,25H,8-9,13H2,1-2H3. The van der Waals surface area contributed by atoms with Crippen molar-refractivity contribution in [2.45, 2.75) is 19.3 Å². The summed E-state index contributed by atoms with van der Waals surface area (Å²) in [6.45, 7) is 1.66. The number of ether oxygens (including phenoxy) is 2. The van der Waals surface area contributed by atoms with E-state index in [4.69, 9.17) is 14.5 Å². The molecule has 0 radical (unpaired) electrons. The maximum atomic E-state index is 5.44. The van der Waals surface area contributed by atoms with E-state index in [0.29, 0.717) is 11.5 Å². The molecule has 7 nitrogen and oxygen atoms in total. The van der Waals surface area contributed by atoms with Gasteiger partial charge in [-0.25, -0.2) is 4.98 Å². The van der Waals surface area contributed by atoms with Gasteiger partial charge in [0.05, 0.1) is 26.2 Å². The summed E-state index contributed by atoms with van der Waals surface area (Å²) in [6.07, 6.45) is 4.62. The fraction of sp³-hybridized carbons (Fsp3) is 0.273. The zero-order chi connectivity index (χ0) is 19.8. The van der Waals surface area contributed by atoms with E-state index < -0.39 is 0 Å². The van der Waals surface area contributed by atoms with E-state index >= 15 is 0 Å². The van der Waals surface area contributed by atoms with E-state index in [-0.39, 0.29) is 6.29 Å². The average Bonchev–Trinajstić information content (AvgIpc) is 3.21. The van der Waals surface area contributed by atoms with Crippen molar-refractivity contribution in [1.82, 2.24) is 14.5 Å². The third-order valence-electron chi connectivity index (χ3n) is 5.52. The molecule has 1 unspecified atom stereocenters. The van der Waals surface area contributed by atoms with E-state index in [2.05, 4.69) is 44.0 Å². The van der Waals surface area contributed by atoms with Crippen molar-refractivity contribution in [3.8, 4) is 17.2 Å². The molecule has 2 aliphatic rings. The van der Waals surface area contributed by atoms with Gasteiger partial charge in [-0.3, -0.25) is 9.89 Å². The molecule has 5 rings (SSSR count). The van der Waals surface area contributed by atoms with E-state index in [1.54, 1.807) is 14.2 Å². The molecule has 1 N–H and O–H groups in total. The van der Waals surface area contributed by atoms with Crippen LogP contribution in [0, 0.1) is 0 Å². The Morgan fingerprint density at radius 1 is 1.07 bits per heavy atom. The Hall–Kier alpha value is -3.32. The van der Waals surface area contributed by atoms with Gasteiger partial charge < -0.3 is 19.4 Å². The number of rotatable bonds is 4. The fourth-order valence-electron chi connectivity index (χ4n) is 3.99. The summed E-state index contributed by atoms with van der Waals surface area (Å²) in [5.74, 6) is 1.40. The number of fused-ring (bicyclic) bond motifs is 2. The predicted molar refractivity (Wildman–Crippen MR) is 112 cm³/mol. The molecule has 7 heteroatoms. The smallest absolute Gasteiger partial charge is 0.176 e. The molecule has 0 bridgehead atoms. The Kier molecular flexibility index (Phi) is 4.44. The zero-order valence-corrected chi connectivity index (χ0v) is 16.5. The van der Waals surface area contributed by atoms with Crippen LogP contribution in [0.3, 0.4) is 0 Å². The van der Waals surface area contributed by atoms with Crippen molar-refractivity contribution in [3.63, 3.8) is 0 Å². The normalized spacial score (nSPS) is 17.9. The van der Waals surface area contributed by atoms with Crippen LogP contribution in [0.5, 0.6) is 11.5 Å². The van der Waals surface area contributed by atoms with Crippen LogP contribution in [0.25, 0.3) is 5.69 Å². The molecule has 1 aromatic heterocycles. The lowest BCUT2D eigenvalue weighted by molar-refractivity contribution is 0.198. The van der Waals surface area contributed by atoms with Gasteiger partial charge in [0.15, 0.2) is 17.8 Å². The van der Waals surface area contributed by atoms with Gasteiger partial charge in [0.1, 0.15) is 0 Å². The first kappa shape index (κ1) is 17.8. The molecular formula is C22H23N5O2. The first-order chi connectivity index (χ1) is 14.3. The van der Waals surface area contributed by atoms with Crippen LogP contribution in [0.15, 0.2) is 53.8 Å². The summed E-state index contributed by atoms with van der Waals surface area (Å²) in [7, 11) is 3.29. The van der Waals surface area contributed by atoms with Gasteiger partial charge in [0.2, 0.25) is 0 Å². The minimum absolute atomic E-state index is 0.129. The van der Waals surface area contributed by atoms with Crippen molar-refractivity contribution in [1.29, 1.82) is 0 Å². The number of methoxy groups -OCH3 is 2. The lowest BCUT2D eigenvalue weighted by atomic mass is 10.1. The second-order valence-corrected chi connectivity index (χ2v) is 7.15. The van der Waals surface area contributed by atoms with Crippen molar-refractivity contribution < 1.29 is 9.47 Å². The van der Waals surface area contributed by atoms with E-state index in [1.807, 2.05) is 30.7 Å². The van der Waals surface area contributed by atoms with Crippen molar-refractivity contribution >= 4 is 11.9 Å². The molecule has 3 heterocycles. The second kappa shape index (κ2) is 7.25. The molecule has 0 saturated carbocycles. The first-order valence-corrected chi connectivity index (χ1v) is 9.67. The van der Waals surface area contributed by atoms with Crippen LogP contribution in [-0.2, 0) is 13.0 Å². The molecule has 1 atom stereocenters. The van der Waals surface area contributed by atoms with Crippen molar-refractivity contribution in [3.05, 3.63) is 65.7 Å². The number of imidazole rings is 1. The monoisotopic (exact) mass is 389 g/mol. The number of para-hydroxylation sites is 1. The highest BCUT2D eigenvalue weighted by molar-refractivity contribution is 5.91. The summed E-state index contributed by atoms with van der Waals surface area (Å²) >= 11 is 0. The lowest BCUT2D eigenvalue weighted by Crippen LogP contribution is -2.44. The third-order valence-corrected chi connectivity index (χ3v) is 5.52. The maximum absolute atomic E-state index is 5.44.